The lowest BCUT2D eigenvalue weighted by Gasteiger charge is -2.26. The van der Waals surface area contributed by atoms with Crippen molar-refractivity contribution in [3.8, 4) is 5.75 Å². The van der Waals surface area contributed by atoms with Gasteiger partial charge in [-0.15, -0.1) is 0 Å². The maximum absolute atomic E-state index is 13.5. The summed E-state index contributed by atoms with van der Waals surface area (Å²) in [7, 11) is 0. The quantitative estimate of drug-likeness (QED) is 0.355. The normalized spacial score (nSPS) is 16.3. The number of halogens is 1. The van der Waals surface area contributed by atoms with Crippen LogP contribution in [-0.4, -0.2) is 34.3 Å². The summed E-state index contributed by atoms with van der Waals surface area (Å²) >= 11 is 3.42. The fourth-order valence-corrected chi connectivity index (χ4v) is 4.43. The van der Waals surface area contributed by atoms with Crippen molar-refractivity contribution in [3.05, 3.63) is 75.7 Å². The molecule has 1 aliphatic rings. The van der Waals surface area contributed by atoms with Crippen LogP contribution in [0.4, 0.5) is 0 Å². The van der Waals surface area contributed by atoms with E-state index in [4.69, 9.17) is 9.15 Å². The number of ketones is 1. The van der Waals surface area contributed by atoms with E-state index in [9.17, 15) is 14.7 Å². The molecule has 4 rings (SSSR count). The van der Waals surface area contributed by atoms with Gasteiger partial charge < -0.3 is 19.2 Å². The van der Waals surface area contributed by atoms with Gasteiger partial charge in [0.1, 0.15) is 11.3 Å². The van der Waals surface area contributed by atoms with Crippen molar-refractivity contribution in [1.82, 2.24) is 4.90 Å². The Hall–Kier alpha value is -3.06. The van der Waals surface area contributed by atoms with Gasteiger partial charge in [0.2, 0.25) is 5.78 Å². The molecule has 0 saturated carbocycles. The fourth-order valence-electron chi connectivity index (χ4n) is 4.05. The smallest absolute Gasteiger partial charge is 0.290 e. The number of fused-ring (bicyclic) bond motifs is 1. The summed E-state index contributed by atoms with van der Waals surface area (Å²) in [6, 6.07) is 13.7. The van der Waals surface area contributed by atoms with Crippen molar-refractivity contribution in [2.75, 3.05) is 6.54 Å². The topological polar surface area (TPSA) is 80.0 Å². The molecule has 0 aliphatic carbocycles. The summed E-state index contributed by atoms with van der Waals surface area (Å²) in [5, 5.41) is 11.5. The molecule has 2 aromatic carbocycles. The Kier molecular flexibility index (Phi) is 6.61. The monoisotopic (exact) mass is 511 g/mol. The highest BCUT2D eigenvalue weighted by Crippen LogP contribution is 2.40. The van der Waals surface area contributed by atoms with Crippen LogP contribution in [0.1, 0.15) is 55.8 Å². The van der Waals surface area contributed by atoms with E-state index in [0.29, 0.717) is 17.9 Å². The van der Waals surface area contributed by atoms with Gasteiger partial charge in [-0.1, -0.05) is 41.4 Å². The molecule has 33 heavy (non-hydrogen) atoms. The van der Waals surface area contributed by atoms with Crippen molar-refractivity contribution in [2.24, 2.45) is 0 Å². The molecule has 0 radical (unpaired) electrons. The van der Waals surface area contributed by atoms with Crippen molar-refractivity contribution in [2.45, 2.75) is 45.8 Å². The zero-order valence-corrected chi connectivity index (χ0v) is 20.4. The largest absolute Gasteiger partial charge is 0.503 e. The van der Waals surface area contributed by atoms with E-state index in [1.54, 1.807) is 17.0 Å². The number of carbonyl (C=O) groups is 2. The second-order valence-corrected chi connectivity index (χ2v) is 9.29. The van der Waals surface area contributed by atoms with Crippen molar-refractivity contribution < 1.29 is 23.8 Å². The highest BCUT2D eigenvalue weighted by atomic mass is 79.9. The number of unbranched alkanes of at least 4 members (excludes halogenated alkanes) is 1. The number of ether oxygens (including phenoxy) is 1. The third-order valence-corrected chi connectivity index (χ3v) is 6.06. The Balaban J connectivity index is 1.75. The third-order valence-electron chi connectivity index (χ3n) is 5.57. The maximum atomic E-state index is 13.5. The van der Waals surface area contributed by atoms with Gasteiger partial charge in [0, 0.05) is 16.4 Å². The molecule has 0 saturated heterocycles. The average molecular weight is 512 g/mol. The number of benzene rings is 2. The van der Waals surface area contributed by atoms with Gasteiger partial charge in [0.25, 0.3) is 5.91 Å². The molecule has 1 N–H and O–H groups in total. The number of amides is 1. The minimum absolute atomic E-state index is 0.0270. The van der Waals surface area contributed by atoms with Crippen LogP contribution in [0.15, 0.2) is 68.8 Å². The molecular formula is C26H26BrNO5. The molecule has 0 spiro atoms. The molecular weight excluding hydrogens is 486 g/mol. The van der Waals surface area contributed by atoms with Gasteiger partial charge in [0.15, 0.2) is 11.5 Å². The number of aliphatic hydroxyl groups excluding tert-OH is 1. The molecule has 1 atom stereocenters. The Bertz CT molecular complexity index is 1230. The number of hydrogen-bond acceptors (Lipinski definition) is 5. The molecule has 7 heteroatoms. The standard InChI is InChI=1S/C26H26BrNO5/c1-4-5-12-28-23(16-6-9-19(10-7-16)32-15(2)3)22(25(30)26(28)31)24(29)21-14-17-13-18(27)8-11-20(17)33-21/h6-11,13-15,23,30H,4-5,12H2,1-3H3. The number of aliphatic hydroxyl groups is 1. The average Bonchev–Trinajstić information content (AvgIpc) is 3.31. The molecule has 1 aliphatic heterocycles. The fraction of sp³-hybridized carbons (Fsp3) is 0.308. The molecule has 0 bridgehead atoms. The zero-order chi connectivity index (χ0) is 23.7. The zero-order valence-electron chi connectivity index (χ0n) is 18.8. The summed E-state index contributed by atoms with van der Waals surface area (Å²) in [5.74, 6) is -0.787. The van der Waals surface area contributed by atoms with Gasteiger partial charge in [-0.05, 0) is 62.2 Å². The number of hydrogen-bond donors (Lipinski definition) is 1. The van der Waals surface area contributed by atoms with Gasteiger partial charge in [-0.2, -0.15) is 0 Å². The Morgan fingerprint density at radius 1 is 1.18 bits per heavy atom. The second kappa shape index (κ2) is 9.43. The van der Waals surface area contributed by atoms with E-state index in [2.05, 4.69) is 15.9 Å². The molecule has 172 valence electrons. The summed E-state index contributed by atoms with van der Waals surface area (Å²) < 4.78 is 12.4. The van der Waals surface area contributed by atoms with Crippen LogP contribution in [0.2, 0.25) is 0 Å². The van der Waals surface area contributed by atoms with Gasteiger partial charge in [-0.3, -0.25) is 9.59 Å². The number of Topliss-reactive ketones (excluding diaryl/α,β-unsaturated/α-hetero) is 1. The molecule has 6 nitrogen and oxygen atoms in total. The van der Waals surface area contributed by atoms with Gasteiger partial charge in [0.05, 0.1) is 17.7 Å². The lowest BCUT2D eigenvalue weighted by atomic mass is 9.95. The Morgan fingerprint density at radius 2 is 1.91 bits per heavy atom. The van der Waals surface area contributed by atoms with E-state index < -0.39 is 23.5 Å². The first-order chi connectivity index (χ1) is 15.8. The van der Waals surface area contributed by atoms with E-state index >= 15 is 0 Å². The van der Waals surface area contributed by atoms with E-state index in [1.165, 1.54) is 0 Å². The first-order valence-corrected chi connectivity index (χ1v) is 11.8. The molecule has 2 heterocycles. The summed E-state index contributed by atoms with van der Waals surface area (Å²) in [5.41, 5.74) is 1.31. The highest BCUT2D eigenvalue weighted by Gasteiger charge is 2.44. The van der Waals surface area contributed by atoms with Crippen LogP contribution in [0.5, 0.6) is 5.75 Å². The molecule has 0 fully saturated rings. The number of furan rings is 1. The minimum Gasteiger partial charge on any atom is -0.503 e. The number of carbonyl (C=O) groups excluding carboxylic acids is 2. The van der Waals surface area contributed by atoms with E-state index in [0.717, 1.165) is 28.3 Å². The Morgan fingerprint density at radius 3 is 2.58 bits per heavy atom. The molecule has 3 aromatic rings. The van der Waals surface area contributed by atoms with Crippen LogP contribution >= 0.6 is 15.9 Å². The highest BCUT2D eigenvalue weighted by molar-refractivity contribution is 9.10. The number of rotatable bonds is 8. The minimum atomic E-state index is -0.704. The predicted octanol–water partition coefficient (Wildman–Crippen LogP) is 6.36. The van der Waals surface area contributed by atoms with Gasteiger partial charge >= 0.3 is 0 Å². The predicted molar refractivity (Wildman–Crippen MR) is 129 cm³/mol. The lowest BCUT2D eigenvalue weighted by Crippen LogP contribution is -2.32. The van der Waals surface area contributed by atoms with E-state index in [-0.39, 0.29) is 17.4 Å². The first-order valence-electron chi connectivity index (χ1n) is 11.0. The van der Waals surface area contributed by atoms with Crippen molar-refractivity contribution >= 4 is 38.6 Å². The summed E-state index contributed by atoms with van der Waals surface area (Å²) in [6.45, 7) is 6.34. The van der Waals surface area contributed by atoms with Crippen LogP contribution in [-0.2, 0) is 4.79 Å². The van der Waals surface area contributed by atoms with Crippen molar-refractivity contribution in [1.29, 1.82) is 0 Å². The molecule has 1 unspecified atom stereocenters. The van der Waals surface area contributed by atoms with Crippen LogP contribution in [0, 0.1) is 0 Å². The Labute approximate surface area is 201 Å². The van der Waals surface area contributed by atoms with Crippen LogP contribution < -0.4 is 4.74 Å². The second-order valence-electron chi connectivity index (χ2n) is 8.37. The molecule has 1 aromatic heterocycles. The summed E-state index contributed by atoms with van der Waals surface area (Å²) in [6.07, 6.45) is 1.66. The number of nitrogens with zero attached hydrogens (tertiary/aromatic N) is 1. The van der Waals surface area contributed by atoms with E-state index in [1.807, 2.05) is 57.2 Å². The summed E-state index contributed by atoms with van der Waals surface area (Å²) in [4.78, 5) is 28.1. The molecule has 1 amide bonds. The van der Waals surface area contributed by atoms with Gasteiger partial charge in [-0.25, -0.2) is 0 Å². The lowest BCUT2D eigenvalue weighted by molar-refractivity contribution is -0.129. The van der Waals surface area contributed by atoms with Crippen molar-refractivity contribution in [3.63, 3.8) is 0 Å². The van der Waals surface area contributed by atoms with Crippen LogP contribution in [0.25, 0.3) is 11.0 Å². The van der Waals surface area contributed by atoms with Crippen LogP contribution in [0.3, 0.4) is 0 Å². The third kappa shape index (κ3) is 4.55. The first kappa shape index (κ1) is 23.1. The SMILES string of the molecule is CCCCN1C(=O)C(O)=C(C(=O)c2cc3cc(Br)ccc3o2)C1c1ccc(OC(C)C)cc1. The maximum Gasteiger partial charge on any atom is 0.290 e.